The molecule has 0 aliphatic heterocycles. The molecule has 0 fully saturated rings. The van der Waals surface area contributed by atoms with Crippen molar-refractivity contribution in [3.63, 3.8) is 0 Å². The summed E-state index contributed by atoms with van der Waals surface area (Å²) in [4.78, 5) is 12.2. The summed E-state index contributed by atoms with van der Waals surface area (Å²) in [5, 5.41) is 0. The van der Waals surface area contributed by atoms with Gasteiger partial charge in [0.1, 0.15) is 11.5 Å². The minimum atomic E-state index is -0.356. The molecule has 4 nitrogen and oxygen atoms in total. The molecule has 0 atom stereocenters. The summed E-state index contributed by atoms with van der Waals surface area (Å²) >= 11 is 0. The smallest absolute Gasteiger partial charge is 0.338 e. The number of hydrogen-bond acceptors (Lipinski definition) is 4. The van der Waals surface area contributed by atoms with Gasteiger partial charge < -0.3 is 14.2 Å². The molecular formula is C36H64O4. The van der Waals surface area contributed by atoms with E-state index in [0.29, 0.717) is 30.3 Å². The maximum Gasteiger partial charge on any atom is 0.338 e. The van der Waals surface area contributed by atoms with Gasteiger partial charge in [-0.1, -0.05) is 155 Å². The van der Waals surface area contributed by atoms with Crippen LogP contribution in [-0.4, -0.2) is 26.3 Å². The first-order valence-corrected chi connectivity index (χ1v) is 17.2. The van der Waals surface area contributed by atoms with Crippen molar-refractivity contribution in [2.75, 3.05) is 20.3 Å². The van der Waals surface area contributed by atoms with Gasteiger partial charge in [0, 0.05) is 6.07 Å². The van der Waals surface area contributed by atoms with E-state index in [9.17, 15) is 4.79 Å². The van der Waals surface area contributed by atoms with Crippen LogP contribution in [0.1, 0.15) is 178 Å². The second-order valence-corrected chi connectivity index (χ2v) is 11.7. The Kier molecular flexibility index (Phi) is 24.9. The average Bonchev–Trinajstić information content (AvgIpc) is 2.97. The van der Waals surface area contributed by atoms with Crippen molar-refractivity contribution < 1.29 is 19.0 Å². The van der Waals surface area contributed by atoms with Gasteiger partial charge in [-0.25, -0.2) is 4.79 Å². The molecule has 0 saturated heterocycles. The normalized spacial score (nSPS) is 11.1. The van der Waals surface area contributed by atoms with Crippen molar-refractivity contribution in [1.29, 1.82) is 0 Å². The fourth-order valence-electron chi connectivity index (χ4n) is 5.24. The van der Waals surface area contributed by atoms with Crippen LogP contribution in [0.15, 0.2) is 18.2 Å². The van der Waals surface area contributed by atoms with Crippen LogP contribution in [0.3, 0.4) is 0 Å². The highest BCUT2D eigenvalue weighted by atomic mass is 16.5. The zero-order valence-electron chi connectivity index (χ0n) is 26.7. The molecule has 0 spiro atoms. The number of esters is 1. The molecule has 40 heavy (non-hydrogen) atoms. The number of rotatable bonds is 29. The quantitative estimate of drug-likeness (QED) is 0.0722. The molecule has 232 valence electrons. The molecule has 0 radical (unpaired) electrons. The fraction of sp³-hybridized carbons (Fsp3) is 0.806. The summed E-state index contributed by atoms with van der Waals surface area (Å²) in [6.45, 7) is 5.88. The third-order valence-corrected chi connectivity index (χ3v) is 7.83. The number of methoxy groups -OCH3 is 1. The van der Waals surface area contributed by atoms with E-state index in [1.165, 1.54) is 148 Å². The van der Waals surface area contributed by atoms with Gasteiger partial charge >= 0.3 is 5.97 Å². The van der Waals surface area contributed by atoms with Crippen LogP contribution in [0.5, 0.6) is 11.5 Å². The molecule has 1 rings (SSSR count). The second kappa shape index (κ2) is 27.5. The number of carbonyl (C=O) groups excluding carboxylic acids is 1. The van der Waals surface area contributed by atoms with E-state index in [2.05, 4.69) is 13.8 Å². The predicted molar refractivity (Wildman–Crippen MR) is 171 cm³/mol. The summed E-state index contributed by atoms with van der Waals surface area (Å²) in [5.74, 6) is 1.03. The lowest BCUT2D eigenvalue weighted by atomic mass is 10.1. The second-order valence-electron chi connectivity index (χ2n) is 11.7. The van der Waals surface area contributed by atoms with Gasteiger partial charge in [-0.05, 0) is 25.0 Å². The summed E-state index contributed by atoms with van der Waals surface area (Å²) in [7, 11) is 1.41. The van der Waals surface area contributed by atoms with Gasteiger partial charge in [0.25, 0.3) is 0 Å². The van der Waals surface area contributed by atoms with E-state index in [1.807, 2.05) is 6.07 Å². The number of unbranched alkanes of at least 4 members (excludes halogenated alkanes) is 22. The van der Waals surface area contributed by atoms with Crippen LogP contribution in [0, 0.1) is 0 Å². The van der Waals surface area contributed by atoms with Crippen LogP contribution in [0.4, 0.5) is 0 Å². The summed E-state index contributed by atoms with van der Waals surface area (Å²) in [5.41, 5.74) is 0.486. The van der Waals surface area contributed by atoms with E-state index >= 15 is 0 Å². The monoisotopic (exact) mass is 560 g/mol. The van der Waals surface area contributed by atoms with Crippen molar-refractivity contribution in [1.82, 2.24) is 0 Å². The van der Waals surface area contributed by atoms with Crippen LogP contribution < -0.4 is 9.47 Å². The topological polar surface area (TPSA) is 44.8 Å². The third kappa shape index (κ3) is 21.1. The standard InChI is InChI=1S/C36H64O4/c1-4-6-8-10-12-14-16-18-20-22-24-26-28-39-34-30-33(36(37)38-3)31-35(32-34)40-29-27-25-23-21-19-17-15-13-11-9-7-5-2/h30-32H,4-29H2,1-3H3. The number of hydrogen-bond donors (Lipinski definition) is 0. The van der Waals surface area contributed by atoms with Crippen molar-refractivity contribution in [2.45, 2.75) is 168 Å². The van der Waals surface area contributed by atoms with E-state index in [1.54, 1.807) is 12.1 Å². The first-order valence-electron chi connectivity index (χ1n) is 17.2. The van der Waals surface area contributed by atoms with Gasteiger partial charge in [-0.3, -0.25) is 0 Å². The van der Waals surface area contributed by atoms with E-state index < -0.39 is 0 Å². The number of benzene rings is 1. The lowest BCUT2D eigenvalue weighted by molar-refractivity contribution is 0.0599. The van der Waals surface area contributed by atoms with Gasteiger partial charge in [0.05, 0.1) is 25.9 Å². The molecule has 0 aromatic heterocycles. The molecule has 0 amide bonds. The van der Waals surface area contributed by atoms with Crippen molar-refractivity contribution in [2.24, 2.45) is 0 Å². The zero-order valence-corrected chi connectivity index (χ0v) is 26.7. The Labute approximate surface area is 248 Å². The Bertz CT molecular complexity index is 654. The highest BCUT2D eigenvalue weighted by molar-refractivity contribution is 5.90. The minimum absolute atomic E-state index is 0.356. The van der Waals surface area contributed by atoms with Gasteiger partial charge in [-0.2, -0.15) is 0 Å². The molecule has 0 aliphatic rings. The first-order chi connectivity index (χ1) is 19.7. The Morgan fingerprint density at radius 3 is 1.07 bits per heavy atom. The molecule has 0 saturated carbocycles. The zero-order chi connectivity index (χ0) is 28.9. The van der Waals surface area contributed by atoms with E-state index in [0.717, 1.165) is 12.8 Å². The highest BCUT2D eigenvalue weighted by Gasteiger charge is 2.11. The van der Waals surface area contributed by atoms with Gasteiger partial charge in [-0.15, -0.1) is 0 Å². The first kappa shape index (κ1) is 36.3. The fourth-order valence-corrected chi connectivity index (χ4v) is 5.24. The molecular weight excluding hydrogens is 496 g/mol. The Balaban J connectivity index is 2.17. The van der Waals surface area contributed by atoms with Gasteiger partial charge in [0.2, 0.25) is 0 Å². The average molecular weight is 561 g/mol. The molecule has 0 bridgehead atoms. The molecule has 0 unspecified atom stereocenters. The molecule has 0 N–H and O–H groups in total. The van der Waals surface area contributed by atoms with E-state index in [-0.39, 0.29) is 5.97 Å². The number of carbonyl (C=O) groups is 1. The van der Waals surface area contributed by atoms with Crippen molar-refractivity contribution in [3.05, 3.63) is 23.8 Å². The Morgan fingerprint density at radius 2 is 0.775 bits per heavy atom. The minimum Gasteiger partial charge on any atom is -0.493 e. The van der Waals surface area contributed by atoms with Crippen LogP contribution >= 0.6 is 0 Å². The Hall–Kier alpha value is -1.71. The summed E-state index contributed by atoms with van der Waals surface area (Å²) in [6, 6.07) is 5.44. The molecule has 0 heterocycles. The predicted octanol–water partition coefficient (Wildman–Crippen LogP) is 11.6. The highest BCUT2D eigenvalue weighted by Crippen LogP contribution is 2.25. The largest absolute Gasteiger partial charge is 0.493 e. The maximum atomic E-state index is 12.2. The lowest BCUT2D eigenvalue weighted by Crippen LogP contribution is -2.05. The van der Waals surface area contributed by atoms with E-state index in [4.69, 9.17) is 14.2 Å². The molecule has 1 aromatic rings. The molecule has 1 aromatic carbocycles. The Morgan fingerprint density at radius 1 is 0.475 bits per heavy atom. The van der Waals surface area contributed by atoms with Crippen LogP contribution in [-0.2, 0) is 4.74 Å². The third-order valence-electron chi connectivity index (χ3n) is 7.83. The van der Waals surface area contributed by atoms with Crippen LogP contribution in [0.2, 0.25) is 0 Å². The summed E-state index contributed by atoms with van der Waals surface area (Å²) < 4.78 is 17.0. The SMILES string of the molecule is CCCCCCCCCCCCCCOc1cc(OCCCCCCCCCCCCCC)cc(C(=O)OC)c1. The van der Waals surface area contributed by atoms with Crippen LogP contribution in [0.25, 0.3) is 0 Å². The van der Waals surface area contributed by atoms with Crippen molar-refractivity contribution in [3.8, 4) is 11.5 Å². The number of ether oxygens (including phenoxy) is 3. The summed E-state index contributed by atoms with van der Waals surface area (Å²) in [6.07, 6.45) is 31.8. The molecule has 0 aliphatic carbocycles. The van der Waals surface area contributed by atoms with Gasteiger partial charge in [0.15, 0.2) is 0 Å². The molecule has 4 heteroatoms. The van der Waals surface area contributed by atoms with Crippen molar-refractivity contribution >= 4 is 5.97 Å². The maximum absolute atomic E-state index is 12.2. The lowest BCUT2D eigenvalue weighted by Gasteiger charge is -2.12.